The highest BCUT2D eigenvalue weighted by Crippen LogP contribution is 2.23. The number of rotatable bonds is 6. The number of amides is 2. The zero-order valence-corrected chi connectivity index (χ0v) is 12.4. The van der Waals surface area contributed by atoms with Crippen molar-refractivity contribution in [3.8, 4) is 0 Å². The molecule has 0 N–H and O–H groups in total. The van der Waals surface area contributed by atoms with Crippen LogP contribution in [0.15, 0.2) is 24.3 Å². The number of benzene rings is 1. The van der Waals surface area contributed by atoms with E-state index in [4.69, 9.17) is 16.3 Å². The third-order valence-corrected chi connectivity index (χ3v) is 3.58. The highest BCUT2D eigenvalue weighted by Gasteiger charge is 2.35. The molecule has 21 heavy (non-hydrogen) atoms. The number of carbonyl (C=O) groups excluding carboxylic acids is 3. The highest BCUT2D eigenvalue weighted by molar-refractivity contribution is 6.30. The second kappa shape index (κ2) is 6.72. The Morgan fingerprint density at radius 2 is 1.81 bits per heavy atom. The standard InChI is InChI=1S/C15H16ClNO4/c1-2-9-21-15(20)12(16)7-8-17-13(18)10-5-3-4-6-11(10)14(17)19/h3-6,12H,2,7-9H2,1H3. The van der Waals surface area contributed by atoms with Crippen LogP contribution in [-0.2, 0) is 9.53 Å². The van der Waals surface area contributed by atoms with Crippen LogP contribution in [0, 0.1) is 0 Å². The molecule has 1 aliphatic heterocycles. The summed E-state index contributed by atoms with van der Waals surface area (Å²) in [5, 5.41) is -0.860. The fourth-order valence-corrected chi connectivity index (χ4v) is 2.26. The number of imide groups is 1. The summed E-state index contributed by atoms with van der Waals surface area (Å²) in [6.45, 7) is 2.30. The SMILES string of the molecule is CCCOC(=O)C(Cl)CCN1C(=O)c2ccccc2C1=O. The first kappa shape index (κ1) is 15.5. The van der Waals surface area contributed by atoms with Crippen LogP contribution in [0.4, 0.5) is 0 Å². The minimum absolute atomic E-state index is 0.0989. The Morgan fingerprint density at radius 3 is 2.33 bits per heavy atom. The van der Waals surface area contributed by atoms with Gasteiger partial charge in [0, 0.05) is 6.54 Å². The van der Waals surface area contributed by atoms with E-state index in [1.165, 1.54) is 0 Å². The van der Waals surface area contributed by atoms with Crippen molar-refractivity contribution in [3.05, 3.63) is 35.4 Å². The largest absolute Gasteiger partial charge is 0.465 e. The van der Waals surface area contributed by atoms with Crippen molar-refractivity contribution in [3.63, 3.8) is 0 Å². The Morgan fingerprint density at radius 1 is 1.24 bits per heavy atom. The van der Waals surface area contributed by atoms with Crippen molar-refractivity contribution in [1.82, 2.24) is 4.90 Å². The molecule has 0 saturated heterocycles. The average molecular weight is 310 g/mol. The highest BCUT2D eigenvalue weighted by atomic mass is 35.5. The molecule has 1 aromatic rings. The Hall–Kier alpha value is -1.88. The fourth-order valence-electron chi connectivity index (χ4n) is 2.10. The summed E-state index contributed by atoms with van der Waals surface area (Å²) in [6.07, 6.45) is 0.892. The van der Waals surface area contributed by atoms with E-state index in [0.717, 1.165) is 4.90 Å². The van der Waals surface area contributed by atoms with E-state index < -0.39 is 11.3 Å². The van der Waals surface area contributed by atoms with Crippen LogP contribution in [0.3, 0.4) is 0 Å². The zero-order valence-electron chi connectivity index (χ0n) is 11.7. The maximum Gasteiger partial charge on any atom is 0.324 e. The normalized spacial score (nSPS) is 15.0. The molecule has 0 bridgehead atoms. The number of nitrogens with zero attached hydrogens (tertiary/aromatic N) is 1. The fraction of sp³-hybridized carbons (Fsp3) is 0.400. The van der Waals surface area contributed by atoms with Crippen molar-refractivity contribution in [2.75, 3.05) is 13.2 Å². The lowest BCUT2D eigenvalue weighted by Crippen LogP contribution is -2.33. The van der Waals surface area contributed by atoms with E-state index in [0.29, 0.717) is 24.2 Å². The molecule has 0 fully saturated rings. The third-order valence-electron chi connectivity index (χ3n) is 3.19. The molecule has 112 valence electrons. The summed E-state index contributed by atoms with van der Waals surface area (Å²) in [5.74, 6) is -1.21. The maximum atomic E-state index is 12.1. The zero-order chi connectivity index (χ0) is 15.4. The van der Waals surface area contributed by atoms with Gasteiger partial charge in [0.25, 0.3) is 11.8 Å². The lowest BCUT2D eigenvalue weighted by molar-refractivity contribution is -0.143. The first-order chi connectivity index (χ1) is 10.1. The van der Waals surface area contributed by atoms with Gasteiger partial charge in [0.15, 0.2) is 0 Å². The summed E-state index contributed by atoms with van der Waals surface area (Å²) in [6, 6.07) is 6.65. The van der Waals surface area contributed by atoms with E-state index in [9.17, 15) is 14.4 Å². The quantitative estimate of drug-likeness (QED) is 0.459. The van der Waals surface area contributed by atoms with Crippen LogP contribution >= 0.6 is 11.6 Å². The van der Waals surface area contributed by atoms with Crippen LogP contribution in [0.25, 0.3) is 0 Å². The second-order valence-electron chi connectivity index (χ2n) is 4.73. The molecular weight excluding hydrogens is 294 g/mol. The van der Waals surface area contributed by atoms with Crippen LogP contribution in [0.1, 0.15) is 40.5 Å². The third kappa shape index (κ3) is 3.24. The number of esters is 1. The number of hydrogen-bond acceptors (Lipinski definition) is 4. The molecule has 1 heterocycles. The molecule has 2 amide bonds. The topological polar surface area (TPSA) is 63.7 Å². The lowest BCUT2D eigenvalue weighted by Gasteiger charge is -2.15. The van der Waals surface area contributed by atoms with E-state index in [-0.39, 0.29) is 24.8 Å². The first-order valence-corrected chi connectivity index (χ1v) is 7.25. The molecule has 2 rings (SSSR count). The monoisotopic (exact) mass is 309 g/mol. The molecule has 0 aromatic heterocycles. The lowest BCUT2D eigenvalue weighted by atomic mass is 10.1. The molecule has 0 aliphatic carbocycles. The molecule has 1 atom stereocenters. The molecular formula is C15H16ClNO4. The van der Waals surface area contributed by atoms with Crippen molar-refractivity contribution < 1.29 is 19.1 Å². The molecule has 5 nitrogen and oxygen atoms in total. The van der Waals surface area contributed by atoms with Gasteiger partial charge in [-0.25, -0.2) is 0 Å². The van der Waals surface area contributed by atoms with Gasteiger partial charge in [-0.3, -0.25) is 19.3 Å². The first-order valence-electron chi connectivity index (χ1n) is 6.82. The molecule has 0 radical (unpaired) electrons. The molecule has 1 aromatic carbocycles. The predicted molar refractivity (Wildman–Crippen MR) is 77.3 cm³/mol. The van der Waals surface area contributed by atoms with Gasteiger partial charge in [0.1, 0.15) is 5.38 Å². The smallest absolute Gasteiger partial charge is 0.324 e. The summed E-state index contributed by atoms with van der Waals surface area (Å²) < 4.78 is 4.92. The minimum Gasteiger partial charge on any atom is -0.465 e. The van der Waals surface area contributed by atoms with E-state index in [2.05, 4.69) is 0 Å². The van der Waals surface area contributed by atoms with Gasteiger partial charge >= 0.3 is 5.97 Å². The van der Waals surface area contributed by atoms with Gasteiger partial charge in [-0.2, -0.15) is 0 Å². The van der Waals surface area contributed by atoms with Crippen LogP contribution in [-0.4, -0.2) is 41.2 Å². The number of carbonyl (C=O) groups is 3. The van der Waals surface area contributed by atoms with Gasteiger partial charge in [-0.15, -0.1) is 11.6 Å². The van der Waals surface area contributed by atoms with Crippen molar-refractivity contribution in [2.24, 2.45) is 0 Å². The number of alkyl halides is 1. The Kier molecular flexibility index (Phi) is 4.96. The number of ether oxygens (including phenoxy) is 1. The van der Waals surface area contributed by atoms with Gasteiger partial charge < -0.3 is 4.74 Å². The summed E-state index contributed by atoms with van der Waals surface area (Å²) in [4.78, 5) is 36.9. The van der Waals surface area contributed by atoms with Crippen LogP contribution in [0.2, 0.25) is 0 Å². The number of halogens is 1. The average Bonchev–Trinajstić information content (AvgIpc) is 2.74. The van der Waals surface area contributed by atoms with E-state index in [1.807, 2.05) is 6.92 Å². The van der Waals surface area contributed by atoms with E-state index >= 15 is 0 Å². The molecule has 1 unspecified atom stereocenters. The van der Waals surface area contributed by atoms with Gasteiger partial charge in [0.2, 0.25) is 0 Å². The van der Waals surface area contributed by atoms with E-state index in [1.54, 1.807) is 24.3 Å². The summed E-state index contributed by atoms with van der Waals surface area (Å²) in [7, 11) is 0. The maximum absolute atomic E-state index is 12.1. The van der Waals surface area contributed by atoms with Crippen molar-refractivity contribution >= 4 is 29.4 Å². The molecule has 1 aliphatic rings. The Balaban J connectivity index is 1.95. The van der Waals surface area contributed by atoms with Crippen LogP contribution in [0.5, 0.6) is 0 Å². The van der Waals surface area contributed by atoms with Crippen molar-refractivity contribution in [1.29, 1.82) is 0 Å². The molecule has 0 saturated carbocycles. The van der Waals surface area contributed by atoms with Gasteiger partial charge in [-0.05, 0) is 25.0 Å². The summed E-state index contributed by atoms with van der Waals surface area (Å²) in [5.41, 5.74) is 0.782. The Bertz CT molecular complexity index is 538. The van der Waals surface area contributed by atoms with Gasteiger partial charge in [-0.1, -0.05) is 19.1 Å². The van der Waals surface area contributed by atoms with Crippen LogP contribution < -0.4 is 0 Å². The minimum atomic E-state index is -0.860. The molecule has 0 spiro atoms. The molecule has 6 heteroatoms. The summed E-state index contributed by atoms with van der Waals surface area (Å²) >= 11 is 5.93. The second-order valence-corrected chi connectivity index (χ2v) is 5.26. The number of fused-ring (bicyclic) bond motifs is 1. The van der Waals surface area contributed by atoms with Gasteiger partial charge in [0.05, 0.1) is 17.7 Å². The van der Waals surface area contributed by atoms with Crippen molar-refractivity contribution in [2.45, 2.75) is 25.1 Å². The predicted octanol–water partition coefficient (Wildman–Crippen LogP) is 2.23. The Labute approximate surface area is 127 Å². The number of hydrogen-bond donors (Lipinski definition) is 0.